The fraction of sp³-hybridized carbons (Fsp3) is 0.714. The second-order valence-electron chi connectivity index (χ2n) is 2.72. The summed E-state index contributed by atoms with van der Waals surface area (Å²) in [5.41, 5.74) is 0. The summed E-state index contributed by atoms with van der Waals surface area (Å²) in [5.74, 6) is 0.317. The van der Waals surface area contributed by atoms with E-state index < -0.39 is 0 Å². The third-order valence-corrected chi connectivity index (χ3v) is 1.85. The minimum Gasteiger partial charge on any atom is -0.344 e. The lowest BCUT2D eigenvalue weighted by atomic mass is 9.99. The van der Waals surface area contributed by atoms with Crippen LogP contribution in [0.15, 0.2) is 0 Å². The van der Waals surface area contributed by atoms with E-state index in [-0.39, 0.29) is 11.7 Å². The Morgan fingerprint density at radius 3 is 2.90 bits per heavy atom. The maximum atomic E-state index is 10.9. The molecule has 1 rings (SSSR count). The highest BCUT2D eigenvalue weighted by Gasteiger charge is 2.21. The molecule has 1 unspecified atom stereocenters. The van der Waals surface area contributed by atoms with E-state index in [1.807, 2.05) is 6.92 Å². The summed E-state index contributed by atoms with van der Waals surface area (Å²) >= 11 is 0. The predicted molar refractivity (Wildman–Crippen MR) is 36.4 cm³/mol. The van der Waals surface area contributed by atoms with Gasteiger partial charge in [-0.15, -0.1) is 0 Å². The molecule has 56 valence electrons. The van der Waals surface area contributed by atoms with Crippen molar-refractivity contribution < 1.29 is 9.59 Å². The Morgan fingerprint density at radius 1 is 1.70 bits per heavy atom. The van der Waals surface area contributed by atoms with Crippen LogP contribution < -0.4 is 0 Å². The van der Waals surface area contributed by atoms with Gasteiger partial charge in [-0.3, -0.25) is 9.59 Å². The van der Waals surface area contributed by atoms with Crippen LogP contribution in [0.3, 0.4) is 0 Å². The Labute approximate surface area is 60.0 Å². The van der Waals surface area contributed by atoms with Gasteiger partial charge in [-0.1, -0.05) is 6.92 Å². The zero-order chi connectivity index (χ0) is 7.56. The lowest BCUT2D eigenvalue weighted by Crippen LogP contribution is -2.38. The van der Waals surface area contributed by atoms with Crippen molar-refractivity contribution in [1.82, 2.24) is 4.90 Å². The van der Waals surface area contributed by atoms with Gasteiger partial charge in [0.2, 0.25) is 6.41 Å². The minimum absolute atomic E-state index is 0.0407. The molecule has 0 aromatic heterocycles. The Kier molecular flexibility index (Phi) is 2.04. The average Bonchev–Trinajstić information content (AvgIpc) is 1.95. The molecular weight excluding hydrogens is 130 g/mol. The van der Waals surface area contributed by atoms with Gasteiger partial charge in [-0.05, 0) is 0 Å². The Morgan fingerprint density at radius 2 is 2.40 bits per heavy atom. The zero-order valence-corrected chi connectivity index (χ0v) is 6.04. The van der Waals surface area contributed by atoms with Gasteiger partial charge in [0.05, 0.1) is 0 Å². The van der Waals surface area contributed by atoms with Crippen molar-refractivity contribution in [2.24, 2.45) is 5.92 Å². The van der Waals surface area contributed by atoms with Crippen LogP contribution in [0.5, 0.6) is 0 Å². The van der Waals surface area contributed by atoms with Crippen molar-refractivity contribution >= 4 is 12.2 Å². The fourth-order valence-electron chi connectivity index (χ4n) is 1.14. The lowest BCUT2D eigenvalue weighted by molar-refractivity contribution is -0.129. The fourth-order valence-corrected chi connectivity index (χ4v) is 1.14. The molecule has 3 heteroatoms. The normalized spacial score (nSPS) is 26.7. The van der Waals surface area contributed by atoms with Gasteiger partial charge >= 0.3 is 0 Å². The maximum Gasteiger partial charge on any atom is 0.209 e. The molecule has 0 N–H and O–H groups in total. The molecule has 1 aliphatic heterocycles. The first-order chi connectivity index (χ1) is 4.74. The largest absolute Gasteiger partial charge is 0.344 e. The molecule has 1 heterocycles. The number of carbonyl (C=O) groups is 2. The van der Waals surface area contributed by atoms with Crippen molar-refractivity contribution in [3.05, 3.63) is 0 Å². The second kappa shape index (κ2) is 2.82. The summed E-state index contributed by atoms with van der Waals surface area (Å²) in [4.78, 5) is 22.8. The van der Waals surface area contributed by atoms with Crippen molar-refractivity contribution in [1.29, 1.82) is 0 Å². The molecule has 0 bridgehead atoms. The van der Waals surface area contributed by atoms with Gasteiger partial charge in [0.1, 0.15) is 5.78 Å². The molecule has 0 aromatic carbocycles. The third kappa shape index (κ3) is 1.35. The number of hydrogen-bond donors (Lipinski definition) is 0. The molecule has 1 fully saturated rings. The lowest BCUT2D eigenvalue weighted by Gasteiger charge is -2.26. The molecule has 0 saturated carbocycles. The maximum absolute atomic E-state index is 10.9. The topological polar surface area (TPSA) is 37.4 Å². The summed E-state index contributed by atoms with van der Waals surface area (Å²) in [6.07, 6.45) is 1.34. The number of carbonyl (C=O) groups excluding carboxylic acids is 2. The van der Waals surface area contributed by atoms with Gasteiger partial charge in [-0.25, -0.2) is 0 Å². The number of Topliss-reactive ketones (excluding diaryl/α,β-unsaturated/α-hetero) is 1. The van der Waals surface area contributed by atoms with Crippen LogP contribution in [0, 0.1) is 5.92 Å². The Balaban J connectivity index is 2.48. The van der Waals surface area contributed by atoms with Crippen LogP contribution in [-0.4, -0.2) is 30.2 Å². The second-order valence-corrected chi connectivity index (χ2v) is 2.72. The van der Waals surface area contributed by atoms with Crippen LogP contribution >= 0.6 is 0 Å². The number of likely N-dealkylation sites (tertiary alicyclic amines) is 1. The van der Waals surface area contributed by atoms with Crippen molar-refractivity contribution in [2.75, 3.05) is 13.1 Å². The first-order valence-electron chi connectivity index (χ1n) is 3.46. The monoisotopic (exact) mass is 141 g/mol. The van der Waals surface area contributed by atoms with Crippen LogP contribution in [0.1, 0.15) is 13.3 Å². The number of rotatable bonds is 1. The van der Waals surface area contributed by atoms with E-state index in [0.29, 0.717) is 19.5 Å². The summed E-state index contributed by atoms with van der Waals surface area (Å²) in [6.45, 7) is 3.06. The highest BCUT2D eigenvalue weighted by Crippen LogP contribution is 2.09. The zero-order valence-electron chi connectivity index (χ0n) is 6.04. The number of ketones is 1. The van der Waals surface area contributed by atoms with Crippen LogP contribution in [0.2, 0.25) is 0 Å². The molecule has 1 aliphatic rings. The highest BCUT2D eigenvalue weighted by atomic mass is 16.1. The quantitative estimate of drug-likeness (QED) is 0.484. The number of amides is 1. The minimum atomic E-state index is 0.0407. The summed E-state index contributed by atoms with van der Waals surface area (Å²) in [6, 6.07) is 0. The van der Waals surface area contributed by atoms with E-state index in [1.54, 1.807) is 4.90 Å². The molecule has 0 aliphatic carbocycles. The van der Waals surface area contributed by atoms with Gasteiger partial charge in [0.25, 0.3) is 0 Å². The number of piperidine rings is 1. The van der Waals surface area contributed by atoms with Crippen LogP contribution in [-0.2, 0) is 9.59 Å². The summed E-state index contributed by atoms with van der Waals surface area (Å²) in [5, 5.41) is 0. The average molecular weight is 141 g/mol. The van der Waals surface area contributed by atoms with E-state index >= 15 is 0 Å². The summed E-state index contributed by atoms with van der Waals surface area (Å²) < 4.78 is 0. The van der Waals surface area contributed by atoms with Gasteiger partial charge < -0.3 is 4.90 Å². The van der Waals surface area contributed by atoms with E-state index in [2.05, 4.69) is 0 Å². The molecule has 1 amide bonds. The molecular formula is C7H11NO2. The Hall–Kier alpha value is -0.860. The first kappa shape index (κ1) is 7.25. The number of nitrogens with zero attached hydrogens (tertiary/aromatic N) is 1. The van der Waals surface area contributed by atoms with Crippen LogP contribution in [0.25, 0.3) is 0 Å². The SMILES string of the molecule is CC1CN(C=O)CCC1=O. The molecule has 0 spiro atoms. The standard InChI is InChI=1S/C7H11NO2/c1-6-4-8(5-9)3-2-7(6)10/h5-6H,2-4H2,1H3. The van der Waals surface area contributed by atoms with Gasteiger partial charge in [-0.2, -0.15) is 0 Å². The smallest absolute Gasteiger partial charge is 0.209 e. The van der Waals surface area contributed by atoms with Crippen molar-refractivity contribution in [2.45, 2.75) is 13.3 Å². The van der Waals surface area contributed by atoms with Crippen molar-refractivity contribution in [3.8, 4) is 0 Å². The number of hydrogen-bond acceptors (Lipinski definition) is 2. The molecule has 1 saturated heterocycles. The molecule has 3 nitrogen and oxygen atoms in total. The first-order valence-corrected chi connectivity index (χ1v) is 3.46. The van der Waals surface area contributed by atoms with Gasteiger partial charge in [0.15, 0.2) is 0 Å². The molecule has 0 aromatic rings. The van der Waals surface area contributed by atoms with Crippen molar-refractivity contribution in [3.63, 3.8) is 0 Å². The third-order valence-electron chi connectivity index (χ3n) is 1.85. The van der Waals surface area contributed by atoms with E-state index in [1.165, 1.54) is 0 Å². The van der Waals surface area contributed by atoms with E-state index in [4.69, 9.17) is 0 Å². The van der Waals surface area contributed by atoms with E-state index in [0.717, 1.165) is 6.41 Å². The molecule has 1 atom stereocenters. The van der Waals surface area contributed by atoms with Gasteiger partial charge in [0, 0.05) is 25.4 Å². The molecule has 0 radical (unpaired) electrons. The summed E-state index contributed by atoms with van der Waals surface area (Å²) in [7, 11) is 0. The molecule has 10 heavy (non-hydrogen) atoms. The highest BCUT2D eigenvalue weighted by molar-refractivity contribution is 5.82. The Bertz CT molecular complexity index is 156. The van der Waals surface area contributed by atoms with E-state index in [9.17, 15) is 9.59 Å². The predicted octanol–water partition coefficient (Wildman–Crippen LogP) is 0.0537. The van der Waals surface area contributed by atoms with Crippen LogP contribution in [0.4, 0.5) is 0 Å².